The van der Waals surface area contributed by atoms with Crippen LogP contribution in [0.2, 0.25) is 0 Å². The molecule has 2 heteroatoms. The Bertz CT molecular complexity index is 2970. The first-order valence-electron chi connectivity index (χ1n) is 18.8. The molecule has 55 heavy (non-hydrogen) atoms. The van der Waals surface area contributed by atoms with Crippen LogP contribution in [0.1, 0.15) is 5.56 Å². The zero-order valence-electron chi connectivity index (χ0n) is 30.5. The predicted octanol–water partition coefficient (Wildman–Crippen LogP) is 15.2. The highest BCUT2D eigenvalue weighted by molar-refractivity contribution is 6.13. The fraction of sp³-hybridized carbons (Fsp3) is 0.0189. The van der Waals surface area contributed by atoms with Crippen LogP contribution in [0.15, 0.2) is 211 Å². The number of fused-ring (bicyclic) bond motifs is 4. The van der Waals surface area contributed by atoms with Gasteiger partial charge in [-0.05, 0) is 110 Å². The summed E-state index contributed by atoms with van der Waals surface area (Å²) in [6.45, 7) is 2.15. The monoisotopic (exact) mass is 703 g/mol. The third kappa shape index (κ3) is 5.85. The maximum absolute atomic E-state index is 6.46. The van der Waals surface area contributed by atoms with Gasteiger partial charge >= 0.3 is 0 Å². The highest BCUT2D eigenvalue weighted by Crippen LogP contribution is 2.42. The van der Waals surface area contributed by atoms with Gasteiger partial charge in [0.1, 0.15) is 11.3 Å². The van der Waals surface area contributed by atoms with E-state index >= 15 is 0 Å². The molecule has 10 aromatic rings. The van der Waals surface area contributed by atoms with E-state index in [1.54, 1.807) is 0 Å². The number of hydrogen-bond acceptors (Lipinski definition) is 2. The number of aryl methyl sites for hydroxylation is 1. The van der Waals surface area contributed by atoms with Crippen LogP contribution >= 0.6 is 0 Å². The van der Waals surface area contributed by atoms with Crippen molar-refractivity contribution in [2.24, 2.45) is 0 Å². The summed E-state index contributed by atoms with van der Waals surface area (Å²) in [6, 6.07) is 73.9. The molecule has 0 saturated heterocycles. The summed E-state index contributed by atoms with van der Waals surface area (Å²) < 4.78 is 6.46. The highest BCUT2D eigenvalue weighted by Gasteiger charge is 2.18. The van der Waals surface area contributed by atoms with Gasteiger partial charge in [0, 0.05) is 33.6 Å². The van der Waals surface area contributed by atoms with E-state index in [9.17, 15) is 0 Å². The normalized spacial score (nSPS) is 11.4. The third-order valence-corrected chi connectivity index (χ3v) is 10.9. The van der Waals surface area contributed by atoms with Crippen molar-refractivity contribution in [1.82, 2.24) is 0 Å². The number of anilines is 3. The molecule has 1 heterocycles. The number of nitrogens with zero attached hydrogens (tertiary/aromatic N) is 1. The molecule has 2 nitrogen and oxygen atoms in total. The van der Waals surface area contributed by atoms with Gasteiger partial charge in [-0.1, -0.05) is 158 Å². The molecule has 0 radical (unpaired) electrons. The van der Waals surface area contributed by atoms with Gasteiger partial charge in [0.2, 0.25) is 0 Å². The van der Waals surface area contributed by atoms with E-state index in [-0.39, 0.29) is 0 Å². The van der Waals surface area contributed by atoms with Crippen LogP contribution in [0, 0.1) is 6.92 Å². The second-order valence-electron chi connectivity index (χ2n) is 14.1. The lowest BCUT2D eigenvalue weighted by atomic mass is 9.93. The summed E-state index contributed by atoms with van der Waals surface area (Å²) in [5.41, 5.74) is 13.5. The topological polar surface area (TPSA) is 16.4 Å². The van der Waals surface area contributed by atoms with Gasteiger partial charge in [0.05, 0.1) is 0 Å². The van der Waals surface area contributed by atoms with Crippen molar-refractivity contribution in [3.63, 3.8) is 0 Å². The minimum atomic E-state index is 0.898. The smallest absolute Gasteiger partial charge is 0.138 e. The Labute approximate surface area is 321 Å². The molecule has 0 saturated carbocycles. The standard InChI is InChI=1S/C53H37NO/c1-36-45-19-11-12-25-52(45)55-53(36)41-17-13-18-44(34-41)54(42-30-26-38(27-31-42)47-21-8-7-20-46(47)37-14-3-2-4-15-37)43-32-28-39(29-33-43)51-35-40-16-5-6-22-48(40)49-23-9-10-24-50(49)51/h2-35H,1H3. The number of furan rings is 1. The molecule has 0 bridgehead atoms. The van der Waals surface area contributed by atoms with Crippen LogP contribution in [0.25, 0.3) is 77.2 Å². The number of benzene rings is 9. The highest BCUT2D eigenvalue weighted by atomic mass is 16.3. The maximum Gasteiger partial charge on any atom is 0.138 e. The fourth-order valence-electron chi connectivity index (χ4n) is 8.16. The van der Waals surface area contributed by atoms with E-state index in [0.29, 0.717) is 0 Å². The van der Waals surface area contributed by atoms with Crippen LogP contribution in [-0.2, 0) is 0 Å². The van der Waals surface area contributed by atoms with Crippen LogP contribution in [0.4, 0.5) is 17.1 Å². The molecule has 0 aliphatic heterocycles. The van der Waals surface area contributed by atoms with Gasteiger partial charge < -0.3 is 9.32 Å². The van der Waals surface area contributed by atoms with Gasteiger partial charge in [0.15, 0.2) is 0 Å². The number of rotatable bonds is 7. The van der Waals surface area contributed by atoms with E-state index in [4.69, 9.17) is 4.42 Å². The fourth-order valence-corrected chi connectivity index (χ4v) is 8.16. The zero-order chi connectivity index (χ0) is 36.7. The molecule has 0 aliphatic rings. The number of hydrogen-bond donors (Lipinski definition) is 0. The van der Waals surface area contributed by atoms with E-state index in [1.807, 2.05) is 12.1 Å². The predicted molar refractivity (Wildman–Crippen MR) is 232 cm³/mol. The number of para-hydroxylation sites is 1. The lowest BCUT2D eigenvalue weighted by molar-refractivity contribution is 0.629. The SMILES string of the molecule is Cc1c(-c2cccc(N(c3ccc(-c4ccccc4-c4ccccc4)cc3)c3ccc(-c4cc5ccccc5c5ccccc45)cc3)c2)oc2ccccc12. The summed E-state index contributed by atoms with van der Waals surface area (Å²) >= 11 is 0. The van der Waals surface area contributed by atoms with Gasteiger partial charge in [-0.15, -0.1) is 0 Å². The largest absolute Gasteiger partial charge is 0.456 e. The molecule has 1 aromatic heterocycles. The molecule has 260 valence electrons. The van der Waals surface area contributed by atoms with Crippen molar-refractivity contribution in [1.29, 1.82) is 0 Å². The third-order valence-electron chi connectivity index (χ3n) is 10.9. The Morgan fingerprint density at radius 2 is 0.873 bits per heavy atom. The second-order valence-corrected chi connectivity index (χ2v) is 14.1. The van der Waals surface area contributed by atoms with E-state index in [1.165, 1.54) is 54.9 Å². The van der Waals surface area contributed by atoms with Crippen LogP contribution < -0.4 is 4.90 Å². The quantitative estimate of drug-likeness (QED) is 0.154. The Hall–Kier alpha value is -7.16. The van der Waals surface area contributed by atoms with Gasteiger partial charge in [-0.25, -0.2) is 0 Å². The van der Waals surface area contributed by atoms with Gasteiger partial charge in [-0.3, -0.25) is 0 Å². The van der Waals surface area contributed by atoms with Crippen LogP contribution in [0.5, 0.6) is 0 Å². The molecule has 0 atom stereocenters. The van der Waals surface area contributed by atoms with Crippen molar-refractivity contribution >= 4 is 49.6 Å². The average molecular weight is 704 g/mol. The molecule has 0 fully saturated rings. The molecule has 0 N–H and O–H groups in total. The first-order valence-corrected chi connectivity index (χ1v) is 18.8. The van der Waals surface area contributed by atoms with E-state index < -0.39 is 0 Å². The molecular formula is C53H37NO. The maximum atomic E-state index is 6.46. The Balaban J connectivity index is 1.09. The molecule has 0 unspecified atom stereocenters. The van der Waals surface area contributed by atoms with Crippen molar-refractivity contribution in [3.05, 3.63) is 212 Å². The molecule has 0 spiro atoms. The minimum absolute atomic E-state index is 0.898. The van der Waals surface area contributed by atoms with Crippen molar-refractivity contribution in [2.45, 2.75) is 6.92 Å². The minimum Gasteiger partial charge on any atom is -0.456 e. The van der Waals surface area contributed by atoms with Crippen LogP contribution in [-0.4, -0.2) is 0 Å². The first-order chi connectivity index (χ1) is 27.2. The molecule has 0 aliphatic carbocycles. The Morgan fingerprint density at radius 1 is 0.345 bits per heavy atom. The van der Waals surface area contributed by atoms with Gasteiger partial charge in [0.25, 0.3) is 0 Å². The van der Waals surface area contributed by atoms with Crippen LogP contribution in [0.3, 0.4) is 0 Å². The van der Waals surface area contributed by atoms with Crippen molar-refractivity contribution in [3.8, 4) is 44.7 Å². The summed E-state index contributed by atoms with van der Waals surface area (Å²) in [5, 5.41) is 6.19. The lowest BCUT2D eigenvalue weighted by Gasteiger charge is -2.26. The Kier molecular flexibility index (Phi) is 8.08. The van der Waals surface area contributed by atoms with E-state index in [0.717, 1.165) is 44.9 Å². The first kappa shape index (κ1) is 32.5. The summed E-state index contributed by atoms with van der Waals surface area (Å²) in [7, 11) is 0. The average Bonchev–Trinajstić information content (AvgIpc) is 3.60. The molecule has 9 aromatic carbocycles. The van der Waals surface area contributed by atoms with Crippen molar-refractivity contribution in [2.75, 3.05) is 4.90 Å². The van der Waals surface area contributed by atoms with Crippen molar-refractivity contribution < 1.29 is 4.42 Å². The molecule has 10 rings (SSSR count). The van der Waals surface area contributed by atoms with E-state index in [2.05, 4.69) is 206 Å². The lowest BCUT2D eigenvalue weighted by Crippen LogP contribution is -2.10. The summed E-state index contributed by atoms with van der Waals surface area (Å²) in [5.74, 6) is 0.898. The summed E-state index contributed by atoms with van der Waals surface area (Å²) in [6.07, 6.45) is 0. The molecular weight excluding hydrogens is 667 g/mol. The molecule has 0 amide bonds. The Morgan fingerprint density at radius 3 is 1.56 bits per heavy atom. The van der Waals surface area contributed by atoms with Gasteiger partial charge in [-0.2, -0.15) is 0 Å². The second kappa shape index (κ2) is 13.7. The zero-order valence-corrected chi connectivity index (χ0v) is 30.5. The summed E-state index contributed by atoms with van der Waals surface area (Å²) in [4.78, 5) is 2.34.